The molecule has 0 radical (unpaired) electrons. The summed E-state index contributed by atoms with van der Waals surface area (Å²) in [6, 6.07) is 5.43. The zero-order valence-electron chi connectivity index (χ0n) is 10.3. The maximum absolute atomic E-state index is 11.3. The first-order valence-electron chi connectivity index (χ1n) is 5.65. The molecule has 0 aliphatic heterocycles. The van der Waals surface area contributed by atoms with Crippen molar-refractivity contribution in [1.82, 2.24) is 4.98 Å². The van der Waals surface area contributed by atoms with Crippen LogP contribution in [-0.4, -0.2) is 17.6 Å². The van der Waals surface area contributed by atoms with Crippen molar-refractivity contribution in [1.29, 1.82) is 0 Å². The number of halogens is 1. The molecule has 0 atom stereocenters. The Morgan fingerprint density at radius 1 is 1.44 bits per heavy atom. The minimum atomic E-state index is -0.490. The molecule has 94 valence electrons. The van der Waals surface area contributed by atoms with Crippen molar-refractivity contribution >= 4 is 38.6 Å². The third kappa shape index (κ3) is 2.31. The number of anilines is 1. The summed E-state index contributed by atoms with van der Waals surface area (Å²) in [5.74, 6) is 0.579. The van der Waals surface area contributed by atoms with Crippen molar-refractivity contribution < 1.29 is 4.79 Å². The highest BCUT2D eigenvalue weighted by Gasteiger charge is 2.12. The number of nitrogens with two attached hydrogens (primary N) is 1. The van der Waals surface area contributed by atoms with E-state index in [0.717, 1.165) is 20.8 Å². The summed E-state index contributed by atoms with van der Waals surface area (Å²) in [5.41, 5.74) is 6.46. The average Bonchev–Trinajstić information content (AvgIpc) is 2.28. The van der Waals surface area contributed by atoms with E-state index in [-0.39, 0.29) is 0 Å². The van der Waals surface area contributed by atoms with Gasteiger partial charge in [-0.15, -0.1) is 0 Å². The monoisotopic (exact) mass is 307 g/mol. The van der Waals surface area contributed by atoms with Gasteiger partial charge in [0.25, 0.3) is 0 Å². The van der Waals surface area contributed by atoms with Crippen LogP contribution in [0, 0.1) is 6.92 Å². The normalized spacial score (nSPS) is 10.6. The van der Waals surface area contributed by atoms with Gasteiger partial charge < -0.3 is 5.73 Å². The first-order chi connectivity index (χ1) is 8.52. The van der Waals surface area contributed by atoms with Crippen LogP contribution in [0.15, 0.2) is 28.9 Å². The van der Waals surface area contributed by atoms with Gasteiger partial charge in [-0.05, 0) is 43.0 Å². The van der Waals surface area contributed by atoms with Crippen LogP contribution in [0.5, 0.6) is 0 Å². The number of carbonyl (C=O) groups is 1. The van der Waals surface area contributed by atoms with Gasteiger partial charge in [-0.3, -0.25) is 4.90 Å². The number of hydrogen-bond donors (Lipinski definition) is 1. The second kappa shape index (κ2) is 4.94. The van der Waals surface area contributed by atoms with E-state index < -0.39 is 6.03 Å². The SMILES string of the molecule is CCN(C(N)=O)c1cc2cc(Br)cc(C)c2cn1. The fourth-order valence-corrected chi connectivity index (χ4v) is 2.55. The molecule has 0 saturated heterocycles. The topological polar surface area (TPSA) is 59.2 Å². The van der Waals surface area contributed by atoms with Crippen molar-refractivity contribution in [3.8, 4) is 0 Å². The smallest absolute Gasteiger partial charge is 0.320 e. The maximum Gasteiger partial charge on any atom is 0.320 e. The molecule has 2 aromatic rings. The number of hydrogen-bond acceptors (Lipinski definition) is 2. The second-order valence-corrected chi connectivity index (χ2v) is 4.98. The minimum Gasteiger partial charge on any atom is -0.351 e. The number of aromatic nitrogens is 1. The summed E-state index contributed by atoms with van der Waals surface area (Å²) in [4.78, 5) is 17.0. The summed E-state index contributed by atoms with van der Waals surface area (Å²) in [5, 5.41) is 2.11. The highest BCUT2D eigenvalue weighted by molar-refractivity contribution is 9.10. The molecular formula is C13H14BrN3O. The van der Waals surface area contributed by atoms with Crippen LogP contribution >= 0.6 is 15.9 Å². The Morgan fingerprint density at radius 2 is 2.17 bits per heavy atom. The van der Waals surface area contributed by atoms with Crippen LogP contribution in [0.4, 0.5) is 10.6 Å². The Labute approximate surface area is 114 Å². The number of primary amides is 1. The van der Waals surface area contributed by atoms with Gasteiger partial charge in [-0.25, -0.2) is 9.78 Å². The van der Waals surface area contributed by atoms with Crippen LogP contribution in [0.3, 0.4) is 0 Å². The standard InChI is InChI=1S/C13H14BrN3O/c1-3-17(13(15)18)12-6-9-5-10(14)4-8(2)11(9)7-16-12/h4-7H,3H2,1-2H3,(H2,15,18). The van der Waals surface area contributed by atoms with E-state index in [0.29, 0.717) is 12.4 Å². The molecule has 0 aliphatic carbocycles. The van der Waals surface area contributed by atoms with E-state index in [1.165, 1.54) is 4.90 Å². The first kappa shape index (κ1) is 12.8. The number of aryl methyl sites for hydroxylation is 1. The van der Waals surface area contributed by atoms with Crippen molar-refractivity contribution in [2.24, 2.45) is 5.73 Å². The molecule has 0 saturated carbocycles. The van der Waals surface area contributed by atoms with E-state index in [4.69, 9.17) is 5.73 Å². The molecule has 0 spiro atoms. The zero-order chi connectivity index (χ0) is 13.3. The van der Waals surface area contributed by atoms with Crippen molar-refractivity contribution in [2.45, 2.75) is 13.8 Å². The largest absolute Gasteiger partial charge is 0.351 e. The van der Waals surface area contributed by atoms with E-state index in [9.17, 15) is 4.79 Å². The molecular weight excluding hydrogens is 294 g/mol. The second-order valence-electron chi connectivity index (χ2n) is 4.07. The highest BCUT2D eigenvalue weighted by atomic mass is 79.9. The van der Waals surface area contributed by atoms with E-state index >= 15 is 0 Å². The van der Waals surface area contributed by atoms with Gasteiger partial charge in [0.05, 0.1) is 0 Å². The Morgan fingerprint density at radius 3 is 2.78 bits per heavy atom. The van der Waals surface area contributed by atoms with Gasteiger partial charge in [-0.2, -0.15) is 0 Å². The molecule has 2 rings (SSSR count). The third-order valence-electron chi connectivity index (χ3n) is 2.85. The number of urea groups is 1. The molecule has 0 aliphatic rings. The fourth-order valence-electron chi connectivity index (χ4n) is 1.96. The van der Waals surface area contributed by atoms with E-state index in [2.05, 4.69) is 20.9 Å². The van der Waals surface area contributed by atoms with Crippen molar-refractivity contribution in [3.05, 3.63) is 34.4 Å². The highest BCUT2D eigenvalue weighted by Crippen LogP contribution is 2.26. The van der Waals surface area contributed by atoms with E-state index in [1.807, 2.05) is 32.0 Å². The summed E-state index contributed by atoms with van der Waals surface area (Å²) in [6.07, 6.45) is 1.78. The first-order valence-corrected chi connectivity index (χ1v) is 6.45. The molecule has 0 fully saturated rings. The Hall–Kier alpha value is -1.62. The number of amides is 2. The number of pyridine rings is 1. The molecule has 0 bridgehead atoms. The zero-order valence-corrected chi connectivity index (χ0v) is 11.9. The van der Waals surface area contributed by atoms with Crippen LogP contribution in [0.2, 0.25) is 0 Å². The summed E-state index contributed by atoms with van der Waals surface area (Å²) in [7, 11) is 0. The maximum atomic E-state index is 11.3. The molecule has 5 heteroatoms. The van der Waals surface area contributed by atoms with Crippen LogP contribution in [0.1, 0.15) is 12.5 Å². The Balaban J connectivity index is 2.59. The lowest BCUT2D eigenvalue weighted by atomic mass is 10.1. The molecule has 2 amide bonds. The predicted molar refractivity (Wildman–Crippen MR) is 76.8 cm³/mol. The lowest BCUT2D eigenvalue weighted by Gasteiger charge is -2.17. The third-order valence-corrected chi connectivity index (χ3v) is 3.31. The van der Waals surface area contributed by atoms with Crippen LogP contribution in [0.25, 0.3) is 10.8 Å². The molecule has 1 aromatic carbocycles. The van der Waals surface area contributed by atoms with Gasteiger partial charge in [0.15, 0.2) is 0 Å². The molecule has 0 unspecified atom stereocenters. The number of fused-ring (bicyclic) bond motifs is 1. The van der Waals surface area contributed by atoms with E-state index in [1.54, 1.807) is 6.20 Å². The number of carbonyl (C=O) groups excluding carboxylic acids is 1. The molecule has 18 heavy (non-hydrogen) atoms. The van der Waals surface area contributed by atoms with Crippen LogP contribution < -0.4 is 10.6 Å². The van der Waals surface area contributed by atoms with Crippen molar-refractivity contribution in [3.63, 3.8) is 0 Å². The van der Waals surface area contributed by atoms with Gasteiger partial charge in [0.2, 0.25) is 0 Å². The summed E-state index contributed by atoms with van der Waals surface area (Å²) in [6.45, 7) is 4.39. The predicted octanol–water partition coefficient (Wildman–Crippen LogP) is 3.21. The fraction of sp³-hybridized carbons (Fsp3) is 0.231. The minimum absolute atomic E-state index is 0.490. The van der Waals surface area contributed by atoms with Crippen LogP contribution in [-0.2, 0) is 0 Å². The van der Waals surface area contributed by atoms with Gasteiger partial charge in [0, 0.05) is 22.6 Å². The lowest BCUT2D eigenvalue weighted by molar-refractivity contribution is 0.254. The van der Waals surface area contributed by atoms with Gasteiger partial charge in [0.1, 0.15) is 5.82 Å². The molecule has 1 aromatic heterocycles. The van der Waals surface area contributed by atoms with Gasteiger partial charge >= 0.3 is 6.03 Å². The van der Waals surface area contributed by atoms with Crippen molar-refractivity contribution in [2.75, 3.05) is 11.4 Å². The lowest BCUT2D eigenvalue weighted by Crippen LogP contribution is -2.36. The average molecular weight is 308 g/mol. The number of nitrogens with zero attached hydrogens (tertiary/aromatic N) is 2. The number of benzene rings is 1. The molecule has 4 nitrogen and oxygen atoms in total. The summed E-state index contributed by atoms with van der Waals surface area (Å²) < 4.78 is 1.01. The molecule has 1 heterocycles. The van der Waals surface area contributed by atoms with Gasteiger partial charge in [-0.1, -0.05) is 15.9 Å². The summed E-state index contributed by atoms with van der Waals surface area (Å²) >= 11 is 3.47. The Kier molecular flexibility index (Phi) is 3.52. The Bertz CT molecular complexity index is 612. The quantitative estimate of drug-likeness (QED) is 0.926. The number of rotatable bonds is 2. The molecule has 2 N–H and O–H groups in total.